The minimum Gasteiger partial charge on any atom is -0.456 e. The molecular weight excluding hydrogens is 448 g/mol. The lowest BCUT2D eigenvalue weighted by Crippen LogP contribution is -2.29. The maximum atomic E-state index is 13.2. The Balaban J connectivity index is 2.07. The molecule has 1 aliphatic heterocycles. The van der Waals surface area contributed by atoms with Crippen molar-refractivity contribution in [2.75, 3.05) is 37.7 Å². The van der Waals surface area contributed by atoms with Crippen LogP contribution in [0.5, 0.6) is 0 Å². The lowest BCUT2D eigenvalue weighted by atomic mass is 9.89. The second-order valence-electron chi connectivity index (χ2n) is 8.98. The van der Waals surface area contributed by atoms with Crippen LogP contribution in [0, 0.1) is 0 Å². The van der Waals surface area contributed by atoms with E-state index in [0.717, 1.165) is 70.6 Å². The zero-order chi connectivity index (χ0) is 25.7. The molecule has 188 valence electrons. The van der Waals surface area contributed by atoms with Crippen LogP contribution >= 0.6 is 0 Å². The van der Waals surface area contributed by atoms with Gasteiger partial charge in [-0.15, -0.1) is 0 Å². The zero-order valence-electron chi connectivity index (χ0n) is 21.9. The van der Waals surface area contributed by atoms with Gasteiger partial charge in [0.15, 0.2) is 5.78 Å². The topological polar surface area (TPSA) is 56.7 Å². The Morgan fingerprint density at radius 2 is 1.67 bits per heavy atom. The molecule has 0 amide bonds. The molecule has 0 spiro atoms. The molecule has 36 heavy (non-hydrogen) atoms. The van der Waals surface area contributed by atoms with Gasteiger partial charge in [-0.05, 0) is 57.9 Å². The summed E-state index contributed by atoms with van der Waals surface area (Å²) in [4.78, 5) is 15.5. The normalized spacial score (nSPS) is 11.2. The summed E-state index contributed by atoms with van der Waals surface area (Å²) in [6.45, 7) is 12.3. The van der Waals surface area contributed by atoms with Gasteiger partial charge in [0.05, 0.1) is 6.07 Å². The fourth-order valence-corrected chi connectivity index (χ4v) is 5.05. The van der Waals surface area contributed by atoms with Crippen LogP contribution in [0.1, 0.15) is 50.9 Å². The van der Waals surface area contributed by atoms with Crippen molar-refractivity contribution in [3.63, 3.8) is 0 Å². The second-order valence-corrected chi connectivity index (χ2v) is 8.98. The SMILES string of the molecule is CCN(CC)c1ccc2c(-c3ccccc3C(=O)CCCO)c3ccc(=[N+](CC)CC)cc-3oc2c1. The van der Waals surface area contributed by atoms with Crippen molar-refractivity contribution in [1.82, 2.24) is 4.58 Å². The summed E-state index contributed by atoms with van der Waals surface area (Å²) in [5.41, 5.74) is 5.50. The minimum atomic E-state index is 0.00620. The number of aliphatic hydroxyl groups is 1. The van der Waals surface area contributed by atoms with E-state index in [1.807, 2.05) is 24.3 Å². The van der Waals surface area contributed by atoms with E-state index >= 15 is 0 Å². The van der Waals surface area contributed by atoms with Crippen LogP contribution in [0.3, 0.4) is 0 Å². The van der Waals surface area contributed by atoms with Crippen LogP contribution in [0.2, 0.25) is 0 Å². The van der Waals surface area contributed by atoms with Crippen LogP contribution in [-0.4, -0.2) is 43.7 Å². The van der Waals surface area contributed by atoms with E-state index in [1.54, 1.807) is 0 Å². The Labute approximate surface area is 213 Å². The third-order valence-electron chi connectivity index (χ3n) is 7.00. The molecule has 5 heteroatoms. The summed E-state index contributed by atoms with van der Waals surface area (Å²) in [5.74, 6) is 0.845. The van der Waals surface area contributed by atoms with Gasteiger partial charge in [0, 0.05) is 66.0 Å². The van der Waals surface area contributed by atoms with Crippen LogP contribution in [-0.2, 0) is 0 Å². The second kappa shape index (κ2) is 11.5. The monoisotopic (exact) mass is 485 g/mol. The number of benzene rings is 3. The first kappa shape index (κ1) is 25.6. The largest absolute Gasteiger partial charge is 0.456 e. The number of ketones is 1. The number of aliphatic hydroxyl groups excluding tert-OH is 1. The Hall–Kier alpha value is -3.44. The van der Waals surface area contributed by atoms with Gasteiger partial charge >= 0.3 is 0 Å². The molecule has 1 aliphatic carbocycles. The van der Waals surface area contributed by atoms with Crippen molar-refractivity contribution in [2.45, 2.75) is 40.5 Å². The molecule has 0 saturated heterocycles. The molecule has 2 aromatic carbocycles. The molecular formula is C31H37N2O3+. The third kappa shape index (κ3) is 4.93. The molecule has 2 aromatic rings. The molecule has 4 rings (SSSR count). The molecule has 1 N–H and O–H groups in total. The number of hydrogen-bond acceptors (Lipinski definition) is 4. The van der Waals surface area contributed by atoms with Gasteiger partial charge in [-0.2, -0.15) is 0 Å². The molecule has 0 saturated carbocycles. The summed E-state index contributed by atoms with van der Waals surface area (Å²) in [6.07, 6.45) is 0.776. The molecule has 0 unspecified atom stereocenters. The van der Waals surface area contributed by atoms with Crippen LogP contribution in [0.15, 0.2) is 65.1 Å². The standard InChI is InChI=1S/C31H37N2O3/c1-5-32(6-2)22-15-17-26-29(20-22)36-30-21-23(33(7-3)8-4)16-18-27(30)31(26)25-13-10-9-12-24(25)28(35)14-11-19-34/h9-10,12-13,15-18,20-21,34H,5-8,11,14,19H2,1-4H3/q+1. The van der Waals surface area contributed by atoms with Crippen LogP contribution in [0.25, 0.3) is 33.4 Å². The number of anilines is 1. The Morgan fingerprint density at radius 1 is 0.917 bits per heavy atom. The molecule has 0 aromatic heterocycles. The van der Waals surface area contributed by atoms with Gasteiger partial charge in [-0.1, -0.05) is 24.3 Å². The van der Waals surface area contributed by atoms with Crippen molar-refractivity contribution in [1.29, 1.82) is 0 Å². The van der Waals surface area contributed by atoms with E-state index in [0.29, 0.717) is 18.4 Å². The first-order chi connectivity index (χ1) is 17.6. The molecule has 0 fully saturated rings. The number of nitrogens with zero attached hydrogens (tertiary/aromatic N) is 2. The molecule has 5 nitrogen and oxygen atoms in total. The summed E-state index contributed by atoms with van der Waals surface area (Å²) in [5, 5.41) is 11.4. The highest BCUT2D eigenvalue weighted by atomic mass is 16.3. The van der Waals surface area contributed by atoms with Crippen molar-refractivity contribution in [2.24, 2.45) is 0 Å². The molecule has 2 aliphatic rings. The van der Waals surface area contributed by atoms with Crippen molar-refractivity contribution in [3.8, 4) is 22.5 Å². The number of hydrogen-bond donors (Lipinski definition) is 1. The summed E-state index contributed by atoms with van der Waals surface area (Å²) in [6, 6.07) is 20.6. The highest BCUT2D eigenvalue weighted by molar-refractivity contribution is 6.10. The number of carbonyl (C=O) groups is 1. The van der Waals surface area contributed by atoms with E-state index < -0.39 is 0 Å². The van der Waals surface area contributed by atoms with Crippen molar-refractivity contribution >= 4 is 22.4 Å². The number of rotatable bonds is 10. The average Bonchev–Trinajstić information content (AvgIpc) is 2.91. The molecule has 0 radical (unpaired) electrons. The minimum absolute atomic E-state index is 0.00620. The fraction of sp³-hybridized carbons (Fsp3) is 0.355. The molecule has 1 heterocycles. The lowest BCUT2D eigenvalue weighted by molar-refractivity contribution is 0.0972. The van der Waals surface area contributed by atoms with E-state index in [-0.39, 0.29) is 12.4 Å². The smallest absolute Gasteiger partial charge is 0.203 e. The quantitative estimate of drug-likeness (QED) is 0.175. The number of Topliss-reactive ketones (excluding diaryl/α,β-unsaturated/α-hetero) is 1. The fourth-order valence-electron chi connectivity index (χ4n) is 5.05. The van der Waals surface area contributed by atoms with Gasteiger partial charge in [0.1, 0.15) is 24.4 Å². The highest BCUT2D eigenvalue weighted by Crippen LogP contribution is 2.42. The van der Waals surface area contributed by atoms with Crippen LogP contribution in [0.4, 0.5) is 5.69 Å². The maximum Gasteiger partial charge on any atom is 0.203 e. The Kier molecular flexibility index (Phi) is 8.21. The van der Waals surface area contributed by atoms with E-state index in [1.165, 1.54) is 0 Å². The number of carbonyl (C=O) groups excluding carboxylic acids is 1. The van der Waals surface area contributed by atoms with Gasteiger partial charge in [-0.25, -0.2) is 4.58 Å². The highest BCUT2D eigenvalue weighted by Gasteiger charge is 2.22. The molecule has 0 bridgehead atoms. The lowest BCUT2D eigenvalue weighted by Gasteiger charge is -2.22. The predicted molar refractivity (Wildman–Crippen MR) is 149 cm³/mol. The Morgan fingerprint density at radius 3 is 2.36 bits per heavy atom. The number of fused-ring (bicyclic) bond motifs is 2. The van der Waals surface area contributed by atoms with E-state index in [4.69, 9.17) is 4.42 Å². The predicted octanol–water partition coefficient (Wildman–Crippen LogP) is 5.82. The van der Waals surface area contributed by atoms with Crippen molar-refractivity contribution < 1.29 is 14.3 Å². The Bertz CT molecular complexity index is 1390. The van der Waals surface area contributed by atoms with Crippen LogP contribution < -0.4 is 14.8 Å². The van der Waals surface area contributed by atoms with E-state index in [2.05, 4.69) is 73.6 Å². The van der Waals surface area contributed by atoms with Gasteiger partial charge in [0.2, 0.25) is 5.36 Å². The third-order valence-corrected chi connectivity index (χ3v) is 7.00. The van der Waals surface area contributed by atoms with Gasteiger partial charge in [-0.3, -0.25) is 4.79 Å². The summed E-state index contributed by atoms with van der Waals surface area (Å²) >= 11 is 0. The van der Waals surface area contributed by atoms with Gasteiger partial charge in [0.25, 0.3) is 0 Å². The van der Waals surface area contributed by atoms with Crippen molar-refractivity contribution in [3.05, 3.63) is 71.6 Å². The average molecular weight is 486 g/mol. The van der Waals surface area contributed by atoms with Gasteiger partial charge < -0.3 is 14.4 Å². The summed E-state index contributed by atoms with van der Waals surface area (Å²) < 4.78 is 8.87. The first-order valence-corrected chi connectivity index (χ1v) is 13.1. The maximum absolute atomic E-state index is 13.2. The summed E-state index contributed by atoms with van der Waals surface area (Å²) in [7, 11) is 0. The molecule has 0 atom stereocenters. The first-order valence-electron chi connectivity index (χ1n) is 13.1. The zero-order valence-corrected chi connectivity index (χ0v) is 21.9. The van der Waals surface area contributed by atoms with E-state index in [9.17, 15) is 9.90 Å².